The molecule has 5 heterocycles. The number of fused-ring (bicyclic) bond motifs is 11. The van der Waals surface area contributed by atoms with Gasteiger partial charge in [-0.05, 0) is 42.7 Å². The molecule has 0 radical (unpaired) electrons. The first-order valence-corrected chi connectivity index (χ1v) is 16.2. The molecule has 4 aromatic heterocycles. The molecule has 6 aromatic carbocycles. The molecule has 1 aliphatic rings. The van der Waals surface area contributed by atoms with Crippen LogP contribution in [0.25, 0.3) is 65.5 Å². The Balaban J connectivity index is 0.00000361. The molecule has 11 rings (SSSR count). The molecule has 8 heteroatoms. The van der Waals surface area contributed by atoms with Crippen LogP contribution in [0.5, 0.6) is 11.5 Å². The average Bonchev–Trinajstić information content (AvgIpc) is 3.82. The fourth-order valence-corrected chi connectivity index (χ4v) is 7.78. The van der Waals surface area contributed by atoms with Gasteiger partial charge >= 0.3 is 0 Å². The minimum Gasteiger partial charge on any atom is -0.509 e. The van der Waals surface area contributed by atoms with E-state index in [1.165, 1.54) is 29.1 Å². The van der Waals surface area contributed by atoms with Crippen molar-refractivity contribution in [3.05, 3.63) is 152 Å². The Morgan fingerprint density at radius 1 is 0.667 bits per heavy atom. The summed E-state index contributed by atoms with van der Waals surface area (Å²) in [5, 5.41) is 6.52. The summed E-state index contributed by atoms with van der Waals surface area (Å²) in [6.07, 6.45) is 1.81. The molecule has 0 saturated carbocycles. The van der Waals surface area contributed by atoms with Crippen LogP contribution in [0, 0.1) is 24.6 Å². The van der Waals surface area contributed by atoms with E-state index in [2.05, 4.69) is 87.7 Å². The van der Waals surface area contributed by atoms with E-state index in [-0.39, 0.29) is 26.8 Å². The standard InChI is InChI=1S/C43H25FN5O.Pt/c1-46-25-47(38-16-5-4-15-37(38)46)27-21-26(44)22-29(23-27)50-28-18-19-31-33-11-7-13-35-34-12-6-10-32-30-9-2-3-14-36(30)48(41(32)34)39-17-8-20-45-43(39)49(42(33)35)40(31)24-28;/h2-22,25H,1H3;/q-3;/i1D3;. The molecular formula is C43H25FN5OPt-3. The zero-order valence-corrected chi connectivity index (χ0v) is 28.8. The van der Waals surface area contributed by atoms with E-state index in [0.717, 1.165) is 60.2 Å². The molecule has 0 fully saturated rings. The summed E-state index contributed by atoms with van der Waals surface area (Å²) in [7, 11) is 0. The van der Waals surface area contributed by atoms with Crippen molar-refractivity contribution in [2.24, 2.45) is 0 Å². The van der Waals surface area contributed by atoms with Gasteiger partial charge in [0.05, 0.1) is 16.6 Å². The van der Waals surface area contributed by atoms with Crippen LogP contribution >= 0.6 is 0 Å². The number of aromatic nitrogens is 3. The first-order valence-electron chi connectivity index (χ1n) is 17.7. The largest absolute Gasteiger partial charge is 0.509 e. The Kier molecular flexibility index (Phi) is 5.82. The zero-order chi connectivity index (χ0) is 35.6. The molecule has 1 aliphatic heterocycles. The molecule has 0 bridgehead atoms. The molecular weight excluding hydrogens is 817 g/mol. The topological polar surface area (TPSA) is 37.4 Å². The van der Waals surface area contributed by atoms with E-state index in [1.54, 1.807) is 35.4 Å². The van der Waals surface area contributed by atoms with Crippen LogP contribution < -0.4 is 14.5 Å². The normalized spacial score (nSPS) is 14.1. The minimum absolute atomic E-state index is 0. The Morgan fingerprint density at radius 3 is 2.18 bits per heavy atom. The summed E-state index contributed by atoms with van der Waals surface area (Å²) in [6, 6.07) is 45.5. The molecule has 0 amide bonds. The smallest absolute Gasteiger partial charge is 0.160 e. The number of hydrogen-bond acceptors (Lipinski definition) is 4. The molecule has 0 aliphatic carbocycles. The summed E-state index contributed by atoms with van der Waals surface area (Å²) in [5.74, 6) is -0.0856. The molecule has 10 aromatic rings. The quantitative estimate of drug-likeness (QED) is 0.166. The van der Waals surface area contributed by atoms with Gasteiger partial charge in [0.2, 0.25) is 0 Å². The third-order valence-electron chi connectivity index (χ3n) is 9.78. The van der Waals surface area contributed by atoms with Gasteiger partial charge in [-0.2, -0.15) is 12.7 Å². The second-order valence-electron chi connectivity index (χ2n) is 12.5. The fourth-order valence-electron chi connectivity index (χ4n) is 7.78. The Bertz CT molecular complexity index is 3180. The predicted octanol–water partition coefficient (Wildman–Crippen LogP) is 10.6. The maximum absolute atomic E-state index is 15.3. The first kappa shape index (κ1) is 26.9. The van der Waals surface area contributed by atoms with Gasteiger partial charge in [0, 0.05) is 87.1 Å². The van der Waals surface area contributed by atoms with E-state index in [9.17, 15) is 0 Å². The number of para-hydroxylation sites is 5. The second-order valence-corrected chi connectivity index (χ2v) is 12.5. The maximum atomic E-state index is 15.3. The van der Waals surface area contributed by atoms with Gasteiger partial charge in [0.25, 0.3) is 0 Å². The van der Waals surface area contributed by atoms with Crippen molar-refractivity contribution in [2.45, 2.75) is 0 Å². The molecule has 0 saturated heterocycles. The van der Waals surface area contributed by atoms with Crippen molar-refractivity contribution in [2.75, 3.05) is 16.8 Å². The minimum atomic E-state index is -2.43. The fraction of sp³-hybridized carbons (Fsp3) is 0.0233. The van der Waals surface area contributed by atoms with E-state index in [1.807, 2.05) is 18.2 Å². The molecule has 0 spiro atoms. The average molecular weight is 845 g/mol. The van der Waals surface area contributed by atoms with E-state index in [4.69, 9.17) is 13.8 Å². The van der Waals surface area contributed by atoms with E-state index < -0.39 is 12.8 Å². The number of nitrogens with zero attached hydrogens (tertiary/aromatic N) is 5. The summed E-state index contributed by atoms with van der Waals surface area (Å²) >= 11 is 0. The Labute approximate surface area is 310 Å². The predicted molar refractivity (Wildman–Crippen MR) is 199 cm³/mol. The number of benzene rings is 6. The van der Waals surface area contributed by atoms with Crippen LogP contribution in [0.4, 0.5) is 21.5 Å². The molecule has 0 unspecified atom stereocenters. The summed E-state index contributed by atoms with van der Waals surface area (Å²) in [6.45, 7) is -0.994. The molecule has 0 N–H and O–H groups in total. The van der Waals surface area contributed by atoms with Gasteiger partial charge in [-0.1, -0.05) is 84.0 Å². The molecule has 248 valence electrons. The van der Waals surface area contributed by atoms with Crippen molar-refractivity contribution < 1.29 is 34.3 Å². The number of hydrogen-bond donors (Lipinski definition) is 0. The van der Waals surface area contributed by atoms with Crippen molar-refractivity contribution >= 4 is 82.6 Å². The van der Waals surface area contributed by atoms with Crippen LogP contribution in [0.1, 0.15) is 4.11 Å². The van der Waals surface area contributed by atoms with Crippen molar-refractivity contribution in [1.82, 2.24) is 13.8 Å². The molecule has 0 atom stereocenters. The molecule has 51 heavy (non-hydrogen) atoms. The zero-order valence-electron chi connectivity index (χ0n) is 29.5. The third-order valence-corrected chi connectivity index (χ3v) is 9.78. The van der Waals surface area contributed by atoms with Gasteiger partial charge in [0.15, 0.2) is 5.65 Å². The van der Waals surface area contributed by atoms with Crippen LogP contribution in [0.15, 0.2) is 128 Å². The third kappa shape index (κ3) is 4.22. The number of ether oxygens (including phenoxy) is 1. The van der Waals surface area contributed by atoms with Gasteiger partial charge in [-0.25, -0.2) is 9.37 Å². The van der Waals surface area contributed by atoms with Crippen molar-refractivity contribution in [3.63, 3.8) is 0 Å². The van der Waals surface area contributed by atoms with Gasteiger partial charge < -0.3 is 23.3 Å². The SMILES string of the molecule is [2H]C([2H])([2H])N1[CH-]N(c2[c-]c(Oc3[c-]c4c(cc3)c3cccc5c6cccc7c8ccccc8n(c8cccnc8n4c35)c76)cc(F)c2)c2ccccc21.[Pt]. The van der Waals surface area contributed by atoms with Crippen LogP contribution in [0.2, 0.25) is 0 Å². The monoisotopic (exact) mass is 844 g/mol. The summed E-state index contributed by atoms with van der Waals surface area (Å²) in [5.41, 5.74) is 7.00. The number of anilines is 3. The summed E-state index contributed by atoms with van der Waals surface area (Å²) < 4.78 is 50.2. The van der Waals surface area contributed by atoms with Crippen molar-refractivity contribution in [3.8, 4) is 11.5 Å². The van der Waals surface area contributed by atoms with E-state index >= 15 is 4.39 Å². The van der Waals surface area contributed by atoms with Gasteiger partial charge in [-0.15, -0.1) is 29.7 Å². The van der Waals surface area contributed by atoms with Crippen molar-refractivity contribution in [1.29, 1.82) is 0 Å². The van der Waals surface area contributed by atoms with Crippen LogP contribution in [-0.2, 0) is 21.1 Å². The second kappa shape index (κ2) is 11.0. The Hall–Kier alpha value is -5.91. The maximum Gasteiger partial charge on any atom is 0.160 e. The molecule has 6 nitrogen and oxygen atoms in total. The number of pyridine rings is 1. The summed E-state index contributed by atoms with van der Waals surface area (Å²) in [4.78, 5) is 7.80. The first-order chi connectivity index (χ1) is 25.8. The number of rotatable bonds is 3. The van der Waals surface area contributed by atoms with Crippen LogP contribution in [0.3, 0.4) is 0 Å². The van der Waals surface area contributed by atoms with Gasteiger partial charge in [-0.3, -0.25) is 0 Å². The Morgan fingerprint density at radius 2 is 1.35 bits per heavy atom. The number of halogens is 1. The van der Waals surface area contributed by atoms with Gasteiger partial charge in [0.1, 0.15) is 0 Å². The van der Waals surface area contributed by atoms with E-state index in [0.29, 0.717) is 22.8 Å². The van der Waals surface area contributed by atoms with Crippen LogP contribution in [-0.4, -0.2) is 20.8 Å².